The van der Waals surface area contributed by atoms with Gasteiger partial charge in [-0.25, -0.2) is 0 Å². The Morgan fingerprint density at radius 2 is 2.19 bits per heavy atom. The summed E-state index contributed by atoms with van der Waals surface area (Å²) in [7, 11) is 1.79. The van der Waals surface area contributed by atoms with E-state index in [1.807, 2.05) is 0 Å². The van der Waals surface area contributed by atoms with Crippen LogP contribution in [0.25, 0.3) is 10.9 Å². The van der Waals surface area contributed by atoms with E-state index in [9.17, 15) is 5.11 Å². The number of aliphatic hydroxyl groups is 1. The van der Waals surface area contributed by atoms with Gasteiger partial charge in [0.1, 0.15) is 0 Å². The number of para-hydroxylation sites is 1. The first-order valence-electron chi connectivity index (χ1n) is 9.44. The Balaban J connectivity index is 0.00000261. The number of aliphatic hydroxyl groups excluding tert-OH is 1. The number of nitrogens with zero attached hydrogens (tertiary/aromatic N) is 1. The van der Waals surface area contributed by atoms with Gasteiger partial charge in [0.2, 0.25) is 0 Å². The van der Waals surface area contributed by atoms with Gasteiger partial charge < -0.3 is 25.5 Å². The Morgan fingerprint density at radius 1 is 1.33 bits per heavy atom. The lowest BCUT2D eigenvalue weighted by Gasteiger charge is -2.27. The Labute approximate surface area is 178 Å². The van der Waals surface area contributed by atoms with Gasteiger partial charge >= 0.3 is 0 Å². The van der Waals surface area contributed by atoms with Crippen LogP contribution in [0.5, 0.6) is 0 Å². The van der Waals surface area contributed by atoms with E-state index in [4.69, 9.17) is 4.74 Å². The standard InChI is InChI=1S/C20H30N4O2.HI/c1-21-19(24-14-20(8-11-25)9-12-26-15-20)22-10-4-5-16-13-23-18-7-3-2-6-17(16)18;/h2-3,6-7,13,23,25H,4-5,8-12,14-15H2,1H3,(H2,21,22,24);1H. The molecule has 3 rings (SSSR count). The van der Waals surface area contributed by atoms with Crippen molar-refractivity contribution in [3.05, 3.63) is 36.0 Å². The molecule has 1 atom stereocenters. The largest absolute Gasteiger partial charge is 0.396 e. The van der Waals surface area contributed by atoms with Crippen LogP contribution in [-0.4, -0.2) is 56.0 Å². The molecule has 1 aromatic heterocycles. The summed E-state index contributed by atoms with van der Waals surface area (Å²) >= 11 is 0. The molecule has 7 heteroatoms. The molecular weight excluding hydrogens is 455 g/mol. The number of aliphatic imine (C=N–C) groups is 1. The van der Waals surface area contributed by atoms with Gasteiger partial charge in [-0.3, -0.25) is 4.99 Å². The molecule has 0 aliphatic carbocycles. The zero-order chi connectivity index (χ0) is 18.2. The van der Waals surface area contributed by atoms with Crippen LogP contribution < -0.4 is 10.6 Å². The smallest absolute Gasteiger partial charge is 0.190 e. The topological polar surface area (TPSA) is 81.7 Å². The van der Waals surface area contributed by atoms with Gasteiger partial charge in [0.25, 0.3) is 0 Å². The number of guanidine groups is 1. The molecule has 2 aromatic rings. The van der Waals surface area contributed by atoms with E-state index in [1.165, 1.54) is 16.5 Å². The van der Waals surface area contributed by atoms with Crippen molar-refractivity contribution < 1.29 is 9.84 Å². The first kappa shape index (κ1) is 22.0. The first-order valence-corrected chi connectivity index (χ1v) is 9.44. The molecule has 6 nitrogen and oxygen atoms in total. The fourth-order valence-electron chi connectivity index (χ4n) is 3.63. The van der Waals surface area contributed by atoms with Crippen LogP contribution in [0.2, 0.25) is 0 Å². The van der Waals surface area contributed by atoms with Crippen molar-refractivity contribution >= 4 is 40.8 Å². The zero-order valence-corrected chi connectivity index (χ0v) is 18.3. The minimum atomic E-state index is 0. The molecule has 1 saturated heterocycles. The molecule has 2 heterocycles. The van der Waals surface area contributed by atoms with Crippen molar-refractivity contribution in [3.8, 4) is 0 Å². The average Bonchev–Trinajstić information content (AvgIpc) is 3.29. The van der Waals surface area contributed by atoms with Crippen LogP contribution >= 0.6 is 24.0 Å². The van der Waals surface area contributed by atoms with Gasteiger partial charge in [-0.15, -0.1) is 24.0 Å². The average molecular weight is 486 g/mol. The van der Waals surface area contributed by atoms with Crippen LogP contribution in [-0.2, 0) is 11.2 Å². The van der Waals surface area contributed by atoms with Crippen molar-refractivity contribution in [1.82, 2.24) is 15.6 Å². The van der Waals surface area contributed by atoms with Crippen molar-refractivity contribution in [1.29, 1.82) is 0 Å². The van der Waals surface area contributed by atoms with Crippen LogP contribution in [0.15, 0.2) is 35.5 Å². The SMILES string of the molecule is CN=C(NCCCc1c[nH]c2ccccc12)NCC1(CCO)CCOC1.I. The molecule has 27 heavy (non-hydrogen) atoms. The van der Waals surface area contributed by atoms with Crippen molar-refractivity contribution in [2.24, 2.45) is 10.4 Å². The van der Waals surface area contributed by atoms with E-state index in [2.05, 4.69) is 51.1 Å². The number of aromatic nitrogens is 1. The maximum Gasteiger partial charge on any atom is 0.190 e. The van der Waals surface area contributed by atoms with Crippen molar-refractivity contribution in [3.63, 3.8) is 0 Å². The summed E-state index contributed by atoms with van der Waals surface area (Å²) in [5.74, 6) is 0.813. The van der Waals surface area contributed by atoms with Crippen molar-refractivity contribution in [2.45, 2.75) is 25.7 Å². The maximum absolute atomic E-state index is 9.32. The number of aryl methyl sites for hydroxylation is 1. The van der Waals surface area contributed by atoms with Crippen LogP contribution in [0.4, 0.5) is 0 Å². The fraction of sp³-hybridized carbons (Fsp3) is 0.550. The molecule has 1 aromatic carbocycles. The highest BCUT2D eigenvalue weighted by Gasteiger charge is 2.34. The highest BCUT2D eigenvalue weighted by molar-refractivity contribution is 14.0. The van der Waals surface area contributed by atoms with Gasteiger partial charge in [-0.2, -0.15) is 0 Å². The van der Waals surface area contributed by atoms with E-state index in [0.29, 0.717) is 6.61 Å². The number of benzene rings is 1. The molecule has 1 fully saturated rings. The predicted octanol–water partition coefficient (Wildman–Crippen LogP) is 2.67. The number of fused-ring (bicyclic) bond motifs is 1. The van der Waals surface area contributed by atoms with Gasteiger partial charge in [-0.05, 0) is 37.3 Å². The van der Waals surface area contributed by atoms with Crippen LogP contribution in [0, 0.1) is 5.41 Å². The molecule has 1 aliphatic rings. The van der Waals surface area contributed by atoms with E-state index in [1.54, 1.807) is 7.05 Å². The van der Waals surface area contributed by atoms with Gasteiger partial charge in [-0.1, -0.05) is 18.2 Å². The lowest BCUT2D eigenvalue weighted by molar-refractivity contribution is 0.127. The Kier molecular flexibility index (Phi) is 8.85. The normalized spacial score (nSPS) is 19.9. The molecule has 1 unspecified atom stereocenters. The van der Waals surface area contributed by atoms with Gasteiger partial charge in [0, 0.05) is 55.9 Å². The highest BCUT2D eigenvalue weighted by Crippen LogP contribution is 2.31. The molecular formula is C20H31IN4O2. The monoisotopic (exact) mass is 486 g/mol. The number of aromatic amines is 1. The van der Waals surface area contributed by atoms with E-state index < -0.39 is 0 Å². The third kappa shape index (κ3) is 5.83. The quantitative estimate of drug-likeness (QED) is 0.200. The summed E-state index contributed by atoms with van der Waals surface area (Å²) in [6.45, 7) is 3.32. The lowest BCUT2D eigenvalue weighted by Crippen LogP contribution is -2.44. The summed E-state index contributed by atoms with van der Waals surface area (Å²) in [6.07, 6.45) is 5.91. The van der Waals surface area contributed by atoms with Crippen molar-refractivity contribution in [2.75, 3.05) is 40.0 Å². The molecule has 0 saturated carbocycles. The zero-order valence-electron chi connectivity index (χ0n) is 16.0. The molecule has 0 radical (unpaired) electrons. The van der Waals surface area contributed by atoms with E-state index in [0.717, 1.165) is 51.3 Å². The molecule has 0 spiro atoms. The number of H-pyrrole nitrogens is 1. The maximum atomic E-state index is 9.32. The second-order valence-corrected chi connectivity index (χ2v) is 7.09. The molecule has 0 bridgehead atoms. The number of rotatable bonds is 8. The van der Waals surface area contributed by atoms with E-state index >= 15 is 0 Å². The number of ether oxygens (including phenoxy) is 1. The molecule has 1 aliphatic heterocycles. The summed E-state index contributed by atoms with van der Waals surface area (Å²) in [4.78, 5) is 7.64. The van der Waals surface area contributed by atoms with Gasteiger partial charge in [0.05, 0.1) is 6.61 Å². The highest BCUT2D eigenvalue weighted by atomic mass is 127. The van der Waals surface area contributed by atoms with E-state index in [-0.39, 0.29) is 36.0 Å². The molecule has 4 N–H and O–H groups in total. The summed E-state index contributed by atoms with van der Waals surface area (Å²) in [5, 5.41) is 17.4. The summed E-state index contributed by atoms with van der Waals surface area (Å²) in [6, 6.07) is 8.41. The lowest BCUT2D eigenvalue weighted by atomic mass is 9.84. The number of nitrogens with one attached hydrogen (secondary N) is 3. The molecule has 0 amide bonds. The van der Waals surface area contributed by atoms with Crippen LogP contribution in [0.3, 0.4) is 0 Å². The van der Waals surface area contributed by atoms with Gasteiger partial charge in [0.15, 0.2) is 5.96 Å². The van der Waals surface area contributed by atoms with Crippen LogP contribution in [0.1, 0.15) is 24.8 Å². The minimum Gasteiger partial charge on any atom is -0.396 e. The summed E-state index contributed by atoms with van der Waals surface area (Å²) in [5.41, 5.74) is 2.58. The number of hydrogen-bond acceptors (Lipinski definition) is 3. The third-order valence-electron chi connectivity index (χ3n) is 5.27. The Morgan fingerprint density at radius 3 is 2.93 bits per heavy atom. The summed E-state index contributed by atoms with van der Waals surface area (Å²) < 4.78 is 5.54. The Bertz CT molecular complexity index is 726. The fourth-order valence-corrected chi connectivity index (χ4v) is 3.63. The number of hydrogen-bond donors (Lipinski definition) is 4. The first-order chi connectivity index (χ1) is 12.8. The Hall–Kier alpha value is -1.32. The third-order valence-corrected chi connectivity index (χ3v) is 5.27. The minimum absolute atomic E-state index is 0. The number of halogens is 1. The second-order valence-electron chi connectivity index (χ2n) is 7.09. The predicted molar refractivity (Wildman–Crippen MR) is 121 cm³/mol. The molecule has 150 valence electrons. The second kappa shape index (κ2) is 10.9.